The highest BCUT2D eigenvalue weighted by Crippen LogP contribution is 2.24. The van der Waals surface area contributed by atoms with E-state index in [0.29, 0.717) is 13.0 Å². The maximum Gasteiger partial charge on any atom is 0.252 e. The fourth-order valence-corrected chi connectivity index (χ4v) is 1.99. The van der Waals surface area contributed by atoms with E-state index in [0.717, 1.165) is 10.6 Å². The summed E-state index contributed by atoms with van der Waals surface area (Å²) in [7, 11) is 0. The zero-order valence-electron chi connectivity index (χ0n) is 9.88. The Morgan fingerprint density at radius 1 is 1.41 bits per heavy atom. The Bertz CT molecular complexity index is 401. The lowest BCUT2D eigenvalue weighted by Crippen LogP contribution is -1.95. The van der Waals surface area contributed by atoms with Crippen LogP contribution in [0, 0.1) is 10.1 Å². The number of hydrogen-bond acceptors (Lipinski definition) is 4. The summed E-state index contributed by atoms with van der Waals surface area (Å²) in [6.45, 7) is 4.33. The van der Waals surface area contributed by atoms with E-state index in [2.05, 4.69) is 0 Å². The Labute approximate surface area is 105 Å². The van der Waals surface area contributed by atoms with Gasteiger partial charge in [-0.15, -0.1) is 0 Å². The number of hydrogen-bond donors (Lipinski definition) is 0. The van der Waals surface area contributed by atoms with E-state index >= 15 is 0 Å². The van der Waals surface area contributed by atoms with E-state index < -0.39 is 0 Å². The van der Waals surface area contributed by atoms with Gasteiger partial charge >= 0.3 is 0 Å². The molecule has 1 rings (SSSR count). The second-order valence-corrected chi connectivity index (χ2v) is 4.18. The molecular formula is C12H15NO3S. The zero-order valence-corrected chi connectivity index (χ0v) is 10.7. The van der Waals surface area contributed by atoms with Crippen molar-refractivity contribution in [1.29, 1.82) is 0 Å². The highest BCUT2D eigenvalue weighted by molar-refractivity contribution is 8.02. The lowest BCUT2D eigenvalue weighted by Gasteiger charge is -2.03. The van der Waals surface area contributed by atoms with Crippen LogP contribution < -0.4 is 4.74 Å². The Morgan fingerprint density at radius 2 is 2.06 bits per heavy atom. The van der Waals surface area contributed by atoms with Gasteiger partial charge in [-0.3, -0.25) is 10.1 Å². The monoisotopic (exact) mass is 253 g/mol. The molecule has 1 aromatic carbocycles. The van der Waals surface area contributed by atoms with Crippen molar-refractivity contribution in [1.82, 2.24) is 0 Å². The van der Waals surface area contributed by atoms with E-state index in [1.54, 1.807) is 12.3 Å². The normalized spacial score (nSPS) is 11.3. The molecule has 92 valence electrons. The number of ether oxygens (including phenoxy) is 1. The van der Waals surface area contributed by atoms with E-state index in [1.165, 1.54) is 11.8 Å². The molecule has 0 unspecified atom stereocenters. The van der Waals surface area contributed by atoms with Crippen LogP contribution in [0.5, 0.6) is 5.75 Å². The molecule has 0 radical (unpaired) electrons. The van der Waals surface area contributed by atoms with Crippen molar-refractivity contribution in [3.63, 3.8) is 0 Å². The third-order valence-electron chi connectivity index (χ3n) is 2.06. The standard InChI is InChI=1S/C12H15NO3S/c1-3-10(13(14)15)9-17-12-7-5-11(6-8-12)16-4-2/h5-9H,3-4H2,1-2H3. The van der Waals surface area contributed by atoms with Crippen LogP contribution in [0.25, 0.3) is 0 Å². The molecule has 0 aliphatic heterocycles. The lowest BCUT2D eigenvalue weighted by molar-refractivity contribution is -0.427. The number of benzene rings is 1. The summed E-state index contributed by atoms with van der Waals surface area (Å²) in [5.41, 5.74) is 0.226. The first-order chi connectivity index (χ1) is 8.17. The zero-order chi connectivity index (χ0) is 12.7. The van der Waals surface area contributed by atoms with Gasteiger partial charge in [0.1, 0.15) is 5.75 Å². The molecule has 0 N–H and O–H groups in total. The number of thioether (sulfide) groups is 1. The SMILES string of the molecule is CCOc1ccc(SC=C(CC)[N+](=O)[O-])cc1. The van der Waals surface area contributed by atoms with E-state index in [9.17, 15) is 10.1 Å². The van der Waals surface area contributed by atoms with Gasteiger partial charge in [-0.25, -0.2) is 0 Å². The van der Waals surface area contributed by atoms with Gasteiger partial charge in [0.25, 0.3) is 5.70 Å². The van der Waals surface area contributed by atoms with E-state index in [-0.39, 0.29) is 10.6 Å². The van der Waals surface area contributed by atoms with Gasteiger partial charge in [0.15, 0.2) is 0 Å². The second kappa shape index (κ2) is 6.96. The third-order valence-corrected chi connectivity index (χ3v) is 3.00. The first-order valence-electron chi connectivity index (χ1n) is 5.40. The average molecular weight is 253 g/mol. The summed E-state index contributed by atoms with van der Waals surface area (Å²) >= 11 is 1.35. The first-order valence-corrected chi connectivity index (χ1v) is 6.28. The van der Waals surface area contributed by atoms with Crippen molar-refractivity contribution in [2.75, 3.05) is 6.61 Å². The van der Waals surface area contributed by atoms with Crippen molar-refractivity contribution >= 4 is 11.8 Å². The van der Waals surface area contributed by atoms with Gasteiger partial charge in [-0.2, -0.15) is 0 Å². The molecule has 0 atom stereocenters. The van der Waals surface area contributed by atoms with Gasteiger partial charge in [-0.1, -0.05) is 18.7 Å². The molecule has 0 amide bonds. The van der Waals surface area contributed by atoms with E-state index in [4.69, 9.17) is 4.74 Å². The predicted molar refractivity (Wildman–Crippen MR) is 68.8 cm³/mol. The van der Waals surface area contributed by atoms with Gasteiger partial charge in [0.2, 0.25) is 0 Å². The Kier molecular flexibility index (Phi) is 5.56. The molecule has 17 heavy (non-hydrogen) atoms. The van der Waals surface area contributed by atoms with Crippen LogP contribution in [-0.4, -0.2) is 11.5 Å². The summed E-state index contributed by atoms with van der Waals surface area (Å²) < 4.78 is 5.31. The maximum atomic E-state index is 10.6. The molecule has 0 aliphatic carbocycles. The van der Waals surface area contributed by atoms with Crippen LogP contribution in [0.15, 0.2) is 40.3 Å². The summed E-state index contributed by atoms with van der Waals surface area (Å²) in [6, 6.07) is 7.49. The molecule has 0 spiro atoms. The fourth-order valence-electron chi connectivity index (χ4n) is 1.17. The first kappa shape index (κ1) is 13.6. The van der Waals surface area contributed by atoms with Crippen LogP contribution in [-0.2, 0) is 0 Å². The summed E-state index contributed by atoms with van der Waals surface area (Å²) in [4.78, 5) is 11.2. The number of nitro groups is 1. The molecule has 0 aliphatic rings. The maximum absolute atomic E-state index is 10.6. The molecule has 0 saturated heterocycles. The Balaban J connectivity index is 2.66. The third kappa shape index (κ3) is 4.48. The van der Waals surface area contributed by atoms with Crippen molar-refractivity contribution in [2.45, 2.75) is 25.2 Å². The molecule has 0 saturated carbocycles. The Morgan fingerprint density at radius 3 is 2.53 bits per heavy atom. The predicted octanol–water partition coefficient (Wildman–Crippen LogP) is 3.71. The van der Waals surface area contributed by atoms with Gasteiger partial charge < -0.3 is 4.74 Å². The highest BCUT2D eigenvalue weighted by atomic mass is 32.2. The van der Waals surface area contributed by atoms with Crippen molar-refractivity contribution in [3.05, 3.63) is 45.5 Å². The molecule has 0 fully saturated rings. The highest BCUT2D eigenvalue weighted by Gasteiger charge is 2.06. The topological polar surface area (TPSA) is 52.4 Å². The van der Waals surface area contributed by atoms with Crippen molar-refractivity contribution in [2.24, 2.45) is 0 Å². The molecule has 1 aromatic rings. The summed E-state index contributed by atoms with van der Waals surface area (Å²) in [5, 5.41) is 12.2. The van der Waals surface area contributed by atoms with Crippen LogP contribution >= 0.6 is 11.8 Å². The molecule has 0 heterocycles. The van der Waals surface area contributed by atoms with Crippen LogP contribution in [0.1, 0.15) is 20.3 Å². The molecule has 0 aromatic heterocycles. The lowest BCUT2D eigenvalue weighted by atomic mass is 10.3. The molecular weight excluding hydrogens is 238 g/mol. The van der Waals surface area contributed by atoms with Gasteiger partial charge in [0.05, 0.1) is 11.5 Å². The molecule has 4 nitrogen and oxygen atoms in total. The van der Waals surface area contributed by atoms with Crippen LogP contribution in [0.2, 0.25) is 0 Å². The largest absolute Gasteiger partial charge is 0.494 e. The van der Waals surface area contributed by atoms with Gasteiger partial charge in [-0.05, 0) is 31.2 Å². The van der Waals surface area contributed by atoms with Crippen LogP contribution in [0.3, 0.4) is 0 Å². The summed E-state index contributed by atoms with van der Waals surface area (Å²) in [5.74, 6) is 0.811. The summed E-state index contributed by atoms with van der Waals surface area (Å²) in [6.07, 6.45) is 0.428. The fraction of sp³-hybridized carbons (Fsp3) is 0.333. The Hall–Kier alpha value is -1.49. The minimum Gasteiger partial charge on any atom is -0.494 e. The van der Waals surface area contributed by atoms with Gasteiger partial charge in [0, 0.05) is 16.7 Å². The number of nitrogens with zero attached hydrogens (tertiary/aromatic N) is 1. The second-order valence-electron chi connectivity index (χ2n) is 3.24. The quantitative estimate of drug-likeness (QED) is 0.440. The molecule has 0 bridgehead atoms. The van der Waals surface area contributed by atoms with Crippen molar-refractivity contribution < 1.29 is 9.66 Å². The van der Waals surface area contributed by atoms with Crippen LogP contribution in [0.4, 0.5) is 0 Å². The smallest absolute Gasteiger partial charge is 0.252 e. The van der Waals surface area contributed by atoms with E-state index in [1.807, 2.05) is 31.2 Å². The minimum absolute atomic E-state index is 0.226. The number of rotatable bonds is 6. The molecule has 5 heteroatoms. The number of allylic oxidation sites excluding steroid dienone is 1. The average Bonchev–Trinajstić information content (AvgIpc) is 2.32. The van der Waals surface area contributed by atoms with Crippen molar-refractivity contribution in [3.8, 4) is 5.75 Å². The minimum atomic E-state index is -0.346.